The first kappa shape index (κ1) is 14.6. The number of rotatable bonds is 7. The lowest BCUT2D eigenvalue weighted by atomic mass is 9.73. The van der Waals surface area contributed by atoms with Crippen molar-refractivity contribution in [2.24, 2.45) is 17.8 Å². The van der Waals surface area contributed by atoms with Crippen molar-refractivity contribution in [2.45, 2.75) is 78.1 Å². The van der Waals surface area contributed by atoms with Crippen LogP contribution in [0.15, 0.2) is 0 Å². The van der Waals surface area contributed by atoms with Crippen molar-refractivity contribution in [3.63, 3.8) is 0 Å². The van der Waals surface area contributed by atoms with Gasteiger partial charge in [0.05, 0.1) is 6.07 Å². The van der Waals surface area contributed by atoms with Gasteiger partial charge in [0.25, 0.3) is 0 Å². The molecule has 98 valence electrons. The van der Waals surface area contributed by atoms with Crippen LogP contribution in [0.2, 0.25) is 0 Å². The maximum atomic E-state index is 8.65. The zero-order valence-electron chi connectivity index (χ0n) is 11.8. The normalized spacial score (nSPS) is 26.4. The van der Waals surface area contributed by atoms with E-state index in [2.05, 4.69) is 19.9 Å². The first-order valence-electron chi connectivity index (χ1n) is 7.64. The molecule has 1 rings (SSSR count). The van der Waals surface area contributed by atoms with Gasteiger partial charge in [0.1, 0.15) is 0 Å². The molecular weight excluding hydrogens is 206 g/mol. The van der Waals surface area contributed by atoms with E-state index < -0.39 is 0 Å². The molecule has 0 saturated heterocycles. The standard InChI is InChI=1S/C16H29N/c1-3-4-7-15(8-5-6-13-17)16-11-9-14(2)10-12-16/h14-16H,3-12H2,1-2H3. The summed E-state index contributed by atoms with van der Waals surface area (Å²) in [5, 5.41) is 8.65. The zero-order chi connectivity index (χ0) is 12.5. The summed E-state index contributed by atoms with van der Waals surface area (Å²) in [6, 6.07) is 2.29. The molecule has 1 aliphatic rings. The fourth-order valence-electron chi connectivity index (χ4n) is 3.28. The molecule has 0 aromatic carbocycles. The topological polar surface area (TPSA) is 23.8 Å². The van der Waals surface area contributed by atoms with Gasteiger partial charge >= 0.3 is 0 Å². The van der Waals surface area contributed by atoms with Gasteiger partial charge in [-0.1, -0.05) is 46.0 Å². The van der Waals surface area contributed by atoms with Crippen LogP contribution in [0, 0.1) is 29.1 Å². The van der Waals surface area contributed by atoms with Crippen LogP contribution in [0.4, 0.5) is 0 Å². The van der Waals surface area contributed by atoms with E-state index >= 15 is 0 Å². The molecular formula is C16H29N. The molecule has 1 fully saturated rings. The molecule has 0 radical (unpaired) electrons. The summed E-state index contributed by atoms with van der Waals surface area (Å²) in [6.45, 7) is 4.68. The highest BCUT2D eigenvalue weighted by Gasteiger charge is 2.25. The molecule has 0 aromatic heterocycles. The van der Waals surface area contributed by atoms with Crippen LogP contribution < -0.4 is 0 Å². The third-order valence-corrected chi connectivity index (χ3v) is 4.52. The molecule has 1 heteroatoms. The highest BCUT2D eigenvalue weighted by molar-refractivity contribution is 4.78. The lowest BCUT2D eigenvalue weighted by Gasteiger charge is -2.33. The quantitative estimate of drug-likeness (QED) is 0.548. The van der Waals surface area contributed by atoms with Gasteiger partial charge in [-0.15, -0.1) is 0 Å². The number of nitriles is 1. The van der Waals surface area contributed by atoms with E-state index in [0.717, 1.165) is 30.6 Å². The average Bonchev–Trinajstić information content (AvgIpc) is 2.35. The fourth-order valence-corrected chi connectivity index (χ4v) is 3.28. The van der Waals surface area contributed by atoms with E-state index in [1.807, 2.05) is 0 Å². The van der Waals surface area contributed by atoms with E-state index in [1.54, 1.807) is 0 Å². The Hall–Kier alpha value is -0.510. The second-order valence-electron chi connectivity index (χ2n) is 5.97. The highest BCUT2D eigenvalue weighted by Crippen LogP contribution is 2.37. The van der Waals surface area contributed by atoms with Crippen LogP contribution in [-0.4, -0.2) is 0 Å². The Morgan fingerprint density at radius 3 is 2.35 bits per heavy atom. The van der Waals surface area contributed by atoms with Crippen LogP contribution in [0.1, 0.15) is 78.1 Å². The molecule has 1 aliphatic carbocycles. The van der Waals surface area contributed by atoms with Crippen LogP contribution in [-0.2, 0) is 0 Å². The number of hydrogen-bond acceptors (Lipinski definition) is 1. The van der Waals surface area contributed by atoms with Gasteiger partial charge in [-0.25, -0.2) is 0 Å². The number of unbranched alkanes of at least 4 members (excludes halogenated alkanes) is 2. The predicted octanol–water partition coefficient (Wildman–Crippen LogP) is 5.31. The maximum Gasteiger partial charge on any atom is 0.0621 e. The van der Waals surface area contributed by atoms with Crippen molar-refractivity contribution < 1.29 is 0 Å². The van der Waals surface area contributed by atoms with Crippen LogP contribution in [0.25, 0.3) is 0 Å². The smallest absolute Gasteiger partial charge is 0.0621 e. The molecule has 0 aliphatic heterocycles. The van der Waals surface area contributed by atoms with E-state index in [9.17, 15) is 0 Å². The summed E-state index contributed by atoms with van der Waals surface area (Å²) in [6.07, 6.45) is 13.0. The summed E-state index contributed by atoms with van der Waals surface area (Å²) in [7, 11) is 0. The molecule has 17 heavy (non-hydrogen) atoms. The molecule has 0 heterocycles. The molecule has 0 aromatic rings. The average molecular weight is 235 g/mol. The fraction of sp³-hybridized carbons (Fsp3) is 0.938. The van der Waals surface area contributed by atoms with Crippen LogP contribution in [0.3, 0.4) is 0 Å². The molecule has 1 atom stereocenters. The first-order chi connectivity index (χ1) is 8.27. The van der Waals surface area contributed by atoms with Gasteiger partial charge in [-0.3, -0.25) is 0 Å². The third-order valence-electron chi connectivity index (χ3n) is 4.52. The summed E-state index contributed by atoms with van der Waals surface area (Å²) in [4.78, 5) is 0. The first-order valence-corrected chi connectivity index (χ1v) is 7.64. The lowest BCUT2D eigenvalue weighted by molar-refractivity contribution is 0.189. The van der Waals surface area contributed by atoms with Gasteiger partial charge in [0.15, 0.2) is 0 Å². The Morgan fingerprint density at radius 1 is 1.12 bits per heavy atom. The molecule has 1 saturated carbocycles. The second kappa shape index (κ2) is 8.56. The molecule has 0 N–H and O–H groups in total. The molecule has 0 spiro atoms. The van der Waals surface area contributed by atoms with E-state index in [1.165, 1.54) is 51.4 Å². The van der Waals surface area contributed by atoms with Crippen molar-refractivity contribution in [1.29, 1.82) is 5.26 Å². The Kier molecular flexibility index (Phi) is 7.33. The predicted molar refractivity (Wildman–Crippen MR) is 73.6 cm³/mol. The highest BCUT2D eigenvalue weighted by atomic mass is 14.3. The van der Waals surface area contributed by atoms with Gasteiger partial charge in [0.2, 0.25) is 0 Å². The number of hydrogen-bond donors (Lipinski definition) is 0. The molecule has 1 unspecified atom stereocenters. The van der Waals surface area contributed by atoms with Crippen molar-refractivity contribution in [2.75, 3.05) is 0 Å². The van der Waals surface area contributed by atoms with Gasteiger partial charge < -0.3 is 0 Å². The maximum absolute atomic E-state index is 8.65. The SMILES string of the molecule is CCCCC(CCCC#N)C1CCC(C)CC1. The van der Waals surface area contributed by atoms with Gasteiger partial charge in [-0.2, -0.15) is 5.26 Å². The van der Waals surface area contributed by atoms with Crippen LogP contribution in [0.5, 0.6) is 0 Å². The minimum Gasteiger partial charge on any atom is -0.198 e. The minimum atomic E-state index is 0.756. The van der Waals surface area contributed by atoms with E-state index in [-0.39, 0.29) is 0 Å². The molecule has 0 amide bonds. The summed E-state index contributed by atoms with van der Waals surface area (Å²) >= 11 is 0. The largest absolute Gasteiger partial charge is 0.198 e. The lowest BCUT2D eigenvalue weighted by Crippen LogP contribution is -2.21. The summed E-state index contributed by atoms with van der Waals surface area (Å²) in [5.41, 5.74) is 0. The van der Waals surface area contributed by atoms with Crippen molar-refractivity contribution in [3.8, 4) is 6.07 Å². The Bertz CT molecular complexity index is 220. The molecule has 1 nitrogen and oxygen atoms in total. The van der Waals surface area contributed by atoms with Crippen molar-refractivity contribution in [3.05, 3.63) is 0 Å². The third kappa shape index (κ3) is 5.57. The summed E-state index contributed by atoms with van der Waals surface area (Å²) in [5.74, 6) is 2.84. The minimum absolute atomic E-state index is 0.756. The molecule has 0 bridgehead atoms. The summed E-state index contributed by atoms with van der Waals surface area (Å²) < 4.78 is 0. The van der Waals surface area contributed by atoms with E-state index in [4.69, 9.17) is 5.26 Å². The Labute approximate surface area is 108 Å². The monoisotopic (exact) mass is 235 g/mol. The zero-order valence-corrected chi connectivity index (χ0v) is 11.8. The van der Waals surface area contributed by atoms with Crippen LogP contribution >= 0.6 is 0 Å². The van der Waals surface area contributed by atoms with Gasteiger partial charge in [0, 0.05) is 6.42 Å². The van der Waals surface area contributed by atoms with Crippen molar-refractivity contribution in [1.82, 2.24) is 0 Å². The van der Waals surface area contributed by atoms with E-state index in [0.29, 0.717) is 0 Å². The Balaban J connectivity index is 2.35. The van der Waals surface area contributed by atoms with Gasteiger partial charge in [-0.05, 0) is 43.4 Å². The number of nitrogens with zero attached hydrogens (tertiary/aromatic N) is 1. The Morgan fingerprint density at radius 2 is 1.76 bits per heavy atom. The second-order valence-corrected chi connectivity index (χ2v) is 5.97. The van der Waals surface area contributed by atoms with Crippen molar-refractivity contribution >= 4 is 0 Å².